The molecule has 94 valence electrons. The van der Waals surface area contributed by atoms with Gasteiger partial charge >= 0.3 is 0 Å². The van der Waals surface area contributed by atoms with Crippen LogP contribution in [0.1, 0.15) is 39.9 Å². The fourth-order valence-electron chi connectivity index (χ4n) is 1.77. The summed E-state index contributed by atoms with van der Waals surface area (Å²) in [5.41, 5.74) is 1.32. The fraction of sp³-hybridized carbons (Fsp3) is 0.308. The number of pyridine rings is 1. The van der Waals surface area contributed by atoms with Crippen molar-refractivity contribution in [2.24, 2.45) is 0 Å². The third-order valence-corrected chi connectivity index (χ3v) is 3.05. The van der Waals surface area contributed by atoms with Gasteiger partial charge in [-0.25, -0.2) is 4.98 Å². The number of nitrogens with zero attached hydrogens (tertiary/aromatic N) is 1. The van der Waals surface area contributed by atoms with Crippen molar-refractivity contribution in [2.45, 2.75) is 20.3 Å². The standard InChI is InChI=1S/C13H13ClN2O2/c1-3-6-15-11-9(14)12(17)8-5-4-7(2)16-10(8)13(11)18/h4-5,15H,3,6H2,1-2H3. The van der Waals surface area contributed by atoms with Gasteiger partial charge in [-0.1, -0.05) is 18.5 Å². The summed E-state index contributed by atoms with van der Waals surface area (Å²) in [6.45, 7) is 4.33. The Hall–Kier alpha value is -1.68. The molecule has 0 unspecified atom stereocenters. The van der Waals surface area contributed by atoms with Crippen LogP contribution in [0.2, 0.25) is 0 Å². The first-order valence-corrected chi connectivity index (χ1v) is 6.14. The normalized spacial score (nSPS) is 14.8. The van der Waals surface area contributed by atoms with Crippen molar-refractivity contribution in [1.82, 2.24) is 10.3 Å². The van der Waals surface area contributed by atoms with Crippen LogP contribution in [0.25, 0.3) is 0 Å². The zero-order valence-corrected chi connectivity index (χ0v) is 11.0. The van der Waals surface area contributed by atoms with Crippen LogP contribution in [0.3, 0.4) is 0 Å². The summed E-state index contributed by atoms with van der Waals surface area (Å²) in [4.78, 5) is 28.4. The molecule has 0 atom stereocenters. The molecule has 1 aromatic heterocycles. The second-order valence-electron chi connectivity index (χ2n) is 4.12. The van der Waals surface area contributed by atoms with Crippen LogP contribution in [-0.2, 0) is 0 Å². The van der Waals surface area contributed by atoms with Crippen LogP contribution >= 0.6 is 11.6 Å². The van der Waals surface area contributed by atoms with E-state index in [1.165, 1.54) is 0 Å². The number of carbonyl (C=O) groups is 2. The lowest BCUT2D eigenvalue weighted by Crippen LogP contribution is -2.30. The van der Waals surface area contributed by atoms with Crippen LogP contribution in [0, 0.1) is 6.92 Å². The van der Waals surface area contributed by atoms with Gasteiger partial charge in [0.15, 0.2) is 0 Å². The van der Waals surface area contributed by atoms with Crippen LogP contribution in [0.5, 0.6) is 0 Å². The van der Waals surface area contributed by atoms with Crippen LogP contribution in [0.4, 0.5) is 0 Å². The van der Waals surface area contributed by atoms with E-state index in [4.69, 9.17) is 11.6 Å². The van der Waals surface area contributed by atoms with Crippen LogP contribution in [0.15, 0.2) is 22.9 Å². The lowest BCUT2D eigenvalue weighted by Gasteiger charge is -2.18. The highest BCUT2D eigenvalue weighted by Gasteiger charge is 2.32. The summed E-state index contributed by atoms with van der Waals surface area (Å²) >= 11 is 5.95. The highest BCUT2D eigenvalue weighted by molar-refractivity contribution is 6.49. The summed E-state index contributed by atoms with van der Waals surface area (Å²) < 4.78 is 0. The highest BCUT2D eigenvalue weighted by atomic mass is 35.5. The molecular formula is C13H13ClN2O2. The van der Waals surface area contributed by atoms with Gasteiger partial charge in [-0.3, -0.25) is 9.59 Å². The molecule has 1 aromatic rings. The molecule has 1 N–H and O–H groups in total. The number of rotatable bonds is 3. The SMILES string of the molecule is CCCNC1=C(Cl)C(=O)c2ccc(C)nc2C1=O. The van der Waals surface area contributed by atoms with Gasteiger partial charge in [0.1, 0.15) is 16.4 Å². The quantitative estimate of drug-likeness (QED) is 0.909. The maximum absolute atomic E-state index is 12.2. The highest BCUT2D eigenvalue weighted by Crippen LogP contribution is 2.26. The summed E-state index contributed by atoms with van der Waals surface area (Å²) in [5.74, 6) is -0.663. The minimum atomic E-state index is -0.350. The molecule has 2 rings (SSSR count). The van der Waals surface area contributed by atoms with Gasteiger partial charge in [0.05, 0.1) is 5.56 Å². The molecule has 0 aliphatic heterocycles. The molecule has 0 radical (unpaired) electrons. The number of allylic oxidation sites excluding steroid dienone is 2. The molecule has 0 saturated carbocycles. The minimum Gasteiger partial charge on any atom is -0.380 e. The van der Waals surface area contributed by atoms with Gasteiger partial charge in [-0.15, -0.1) is 0 Å². The zero-order valence-electron chi connectivity index (χ0n) is 10.2. The average Bonchev–Trinajstić information content (AvgIpc) is 2.36. The Kier molecular flexibility index (Phi) is 3.48. The van der Waals surface area contributed by atoms with E-state index < -0.39 is 0 Å². The molecule has 1 aliphatic rings. The van der Waals surface area contributed by atoms with E-state index in [9.17, 15) is 9.59 Å². The number of halogens is 1. The smallest absolute Gasteiger partial charge is 0.229 e. The Labute approximate surface area is 110 Å². The third-order valence-electron chi connectivity index (χ3n) is 2.69. The van der Waals surface area contributed by atoms with E-state index in [1.54, 1.807) is 19.1 Å². The van der Waals surface area contributed by atoms with E-state index >= 15 is 0 Å². The molecule has 0 saturated heterocycles. The van der Waals surface area contributed by atoms with Gasteiger partial charge in [0, 0.05) is 12.2 Å². The largest absolute Gasteiger partial charge is 0.380 e. The maximum Gasteiger partial charge on any atom is 0.229 e. The first kappa shape index (κ1) is 12.8. The molecule has 1 heterocycles. The summed E-state index contributed by atoms with van der Waals surface area (Å²) in [7, 11) is 0. The van der Waals surface area contributed by atoms with E-state index in [2.05, 4.69) is 10.3 Å². The van der Waals surface area contributed by atoms with Crippen molar-refractivity contribution < 1.29 is 9.59 Å². The van der Waals surface area contributed by atoms with Gasteiger partial charge in [0.2, 0.25) is 11.6 Å². The Morgan fingerprint density at radius 1 is 1.28 bits per heavy atom. The lowest BCUT2D eigenvalue weighted by molar-refractivity contribution is 0.0970. The number of hydrogen-bond acceptors (Lipinski definition) is 4. The molecule has 1 aliphatic carbocycles. The van der Waals surface area contributed by atoms with E-state index in [-0.39, 0.29) is 33.6 Å². The average molecular weight is 265 g/mol. The number of Topliss-reactive ketones (excluding diaryl/α,β-unsaturated/α-hetero) is 2. The van der Waals surface area contributed by atoms with Gasteiger partial charge in [-0.05, 0) is 25.5 Å². The number of nitrogens with one attached hydrogen (secondary N) is 1. The van der Waals surface area contributed by atoms with Crippen molar-refractivity contribution in [3.8, 4) is 0 Å². The topological polar surface area (TPSA) is 59.1 Å². The summed E-state index contributed by atoms with van der Waals surface area (Å²) in [6.07, 6.45) is 0.837. The molecule has 5 heteroatoms. The molecule has 0 fully saturated rings. The second kappa shape index (κ2) is 4.90. The van der Waals surface area contributed by atoms with Crippen molar-refractivity contribution in [2.75, 3.05) is 6.54 Å². The second-order valence-corrected chi connectivity index (χ2v) is 4.50. The van der Waals surface area contributed by atoms with Gasteiger partial charge < -0.3 is 5.32 Å². The third kappa shape index (κ3) is 2.04. The first-order chi connectivity index (χ1) is 8.56. The monoisotopic (exact) mass is 264 g/mol. The van der Waals surface area contributed by atoms with Gasteiger partial charge in [0.25, 0.3) is 0 Å². The number of ketones is 2. The minimum absolute atomic E-state index is 0.0494. The predicted molar refractivity (Wildman–Crippen MR) is 68.8 cm³/mol. The van der Waals surface area contributed by atoms with Crippen LogP contribution < -0.4 is 5.32 Å². The Morgan fingerprint density at radius 2 is 2.00 bits per heavy atom. The van der Waals surface area contributed by atoms with E-state index in [0.717, 1.165) is 6.42 Å². The molecule has 0 aromatic carbocycles. The van der Waals surface area contributed by atoms with Crippen molar-refractivity contribution in [3.63, 3.8) is 0 Å². The Morgan fingerprint density at radius 3 is 2.67 bits per heavy atom. The summed E-state index contributed by atoms with van der Waals surface area (Å²) in [6, 6.07) is 3.29. The number of hydrogen-bond donors (Lipinski definition) is 1. The predicted octanol–water partition coefficient (Wildman–Crippen LogP) is 2.22. The molecule has 0 amide bonds. The maximum atomic E-state index is 12.2. The first-order valence-electron chi connectivity index (χ1n) is 5.77. The summed E-state index contributed by atoms with van der Waals surface area (Å²) in [5, 5.41) is 2.85. The Bertz CT molecular complexity index is 564. The van der Waals surface area contributed by atoms with Crippen molar-refractivity contribution >= 4 is 23.2 Å². The number of carbonyl (C=O) groups excluding carboxylic acids is 2. The van der Waals surface area contributed by atoms with Crippen molar-refractivity contribution in [3.05, 3.63) is 39.8 Å². The number of aromatic nitrogens is 1. The van der Waals surface area contributed by atoms with Gasteiger partial charge in [-0.2, -0.15) is 0 Å². The van der Waals surface area contributed by atoms with Crippen molar-refractivity contribution in [1.29, 1.82) is 0 Å². The van der Waals surface area contributed by atoms with E-state index in [0.29, 0.717) is 12.2 Å². The molecule has 18 heavy (non-hydrogen) atoms. The molecule has 0 spiro atoms. The Balaban J connectivity index is 2.50. The molecule has 4 nitrogen and oxygen atoms in total. The van der Waals surface area contributed by atoms with E-state index in [1.807, 2.05) is 6.92 Å². The fourth-order valence-corrected chi connectivity index (χ4v) is 2.03. The number of fused-ring (bicyclic) bond motifs is 1. The molecule has 0 bridgehead atoms. The number of aryl methyl sites for hydroxylation is 1. The van der Waals surface area contributed by atoms with Crippen LogP contribution in [-0.4, -0.2) is 23.1 Å². The molecular weight excluding hydrogens is 252 g/mol. The zero-order chi connectivity index (χ0) is 13.3. The lowest BCUT2D eigenvalue weighted by atomic mass is 9.96.